The van der Waals surface area contributed by atoms with Gasteiger partial charge in [0.15, 0.2) is 11.5 Å². The number of nitrogens with zero attached hydrogens (tertiary/aromatic N) is 2. The summed E-state index contributed by atoms with van der Waals surface area (Å²) >= 11 is 0. The second kappa shape index (κ2) is 9.48. The monoisotopic (exact) mass is 430 g/mol. The minimum atomic E-state index is -0.477. The summed E-state index contributed by atoms with van der Waals surface area (Å²) < 4.78 is 17.9. The first-order valence-electron chi connectivity index (χ1n) is 10.7. The van der Waals surface area contributed by atoms with Crippen LogP contribution in [0.25, 0.3) is 0 Å². The molecule has 0 radical (unpaired) electrons. The second-order valence-electron chi connectivity index (χ2n) is 7.48. The Balaban J connectivity index is 1.85. The van der Waals surface area contributed by atoms with E-state index in [1.54, 1.807) is 0 Å². The van der Waals surface area contributed by atoms with Crippen molar-refractivity contribution >= 4 is 0 Å². The molecule has 1 atom stereocenters. The first-order valence-corrected chi connectivity index (χ1v) is 10.7. The van der Waals surface area contributed by atoms with E-state index in [0.29, 0.717) is 36.2 Å². The Labute approximate surface area is 187 Å². The van der Waals surface area contributed by atoms with Gasteiger partial charge in [0.1, 0.15) is 18.2 Å². The van der Waals surface area contributed by atoms with Crippen molar-refractivity contribution in [3.05, 3.63) is 82.4 Å². The molecule has 164 valence electrons. The number of nitrogens with two attached hydrogens (primary N) is 1. The van der Waals surface area contributed by atoms with Crippen molar-refractivity contribution in [2.45, 2.75) is 39.2 Å². The summed E-state index contributed by atoms with van der Waals surface area (Å²) in [6.45, 7) is 4.86. The standard InChI is InChI=1S/C25H26N4O3/c1-3-9-19-22-21(18(14-26)24(27)32-25(22)29-28-19)17-12-8-13-20(30-4-2)23(17)31-15-16-10-6-5-7-11-16/h5-8,10-13,21H,3-4,9,15,27H2,1-2H3,(H,28,29). The van der Waals surface area contributed by atoms with Crippen LogP contribution in [0.1, 0.15) is 48.6 Å². The Morgan fingerprint density at radius 1 is 1.12 bits per heavy atom. The first-order chi connectivity index (χ1) is 15.7. The van der Waals surface area contributed by atoms with Gasteiger partial charge in [-0.15, -0.1) is 5.10 Å². The third-order valence-corrected chi connectivity index (χ3v) is 5.36. The largest absolute Gasteiger partial charge is 0.490 e. The zero-order chi connectivity index (χ0) is 22.5. The molecule has 1 aromatic heterocycles. The van der Waals surface area contributed by atoms with Gasteiger partial charge in [0, 0.05) is 11.3 Å². The molecule has 1 aliphatic rings. The molecule has 0 bridgehead atoms. The Hall–Kier alpha value is -3.92. The van der Waals surface area contributed by atoms with Crippen LogP contribution < -0.4 is 19.9 Å². The molecule has 3 N–H and O–H groups in total. The highest BCUT2D eigenvalue weighted by Crippen LogP contribution is 2.48. The van der Waals surface area contributed by atoms with Gasteiger partial charge < -0.3 is 19.9 Å². The molecule has 1 unspecified atom stereocenters. The van der Waals surface area contributed by atoms with Crippen molar-refractivity contribution in [1.29, 1.82) is 5.26 Å². The van der Waals surface area contributed by atoms with E-state index in [1.165, 1.54) is 0 Å². The van der Waals surface area contributed by atoms with E-state index in [9.17, 15) is 5.26 Å². The van der Waals surface area contributed by atoms with Crippen LogP contribution in [0.4, 0.5) is 0 Å². The van der Waals surface area contributed by atoms with E-state index in [1.807, 2.05) is 55.5 Å². The fourth-order valence-corrected chi connectivity index (χ4v) is 3.97. The van der Waals surface area contributed by atoms with Gasteiger partial charge in [-0.25, -0.2) is 0 Å². The smallest absolute Gasteiger partial charge is 0.244 e. The van der Waals surface area contributed by atoms with Gasteiger partial charge in [-0.3, -0.25) is 5.10 Å². The molecular formula is C25H26N4O3. The highest BCUT2D eigenvalue weighted by atomic mass is 16.5. The van der Waals surface area contributed by atoms with E-state index in [-0.39, 0.29) is 5.88 Å². The SMILES string of the molecule is CCCc1[nH]nc2c1C(c1cccc(OCC)c1OCc1ccccc1)C(C#N)=C(N)O2. The van der Waals surface area contributed by atoms with Gasteiger partial charge >= 0.3 is 0 Å². The number of benzene rings is 2. The van der Waals surface area contributed by atoms with Crippen LogP contribution >= 0.6 is 0 Å². The Bertz CT molecular complexity index is 1160. The molecule has 0 saturated carbocycles. The molecule has 3 aromatic rings. The second-order valence-corrected chi connectivity index (χ2v) is 7.48. The lowest BCUT2D eigenvalue weighted by molar-refractivity contribution is 0.266. The predicted molar refractivity (Wildman–Crippen MR) is 120 cm³/mol. The number of H-pyrrole nitrogens is 1. The zero-order valence-corrected chi connectivity index (χ0v) is 18.2. The van der Waals surface area contributed by atoms with Gasteiger partial charge in [-0.05, 0) is 25.0 Å². The van der Waals surface area contributed by atoms with Gasteiger partial charge in [-0.2, -0.15) is 5.26 Å². The average molecular weight is 431 g/mol. The minimum Gasteiger partial charge on any atom is -0.490 e. The van der Waals surface area contributed by atoms with Crippen LogP contribution in [0.5, 0.6) is 17.4 Å². The van der Waals surface area contributed by atoms with Crippen LogP contribution in [0.3, 0.4) is 0 Å². The Kier molecular flexibility index (Phi) is 6.31. The van der Waals surface area contributed by atoms with Gasteiger partial charge in [0.25, 0.3) is 0 Å². The molecule has 0 fully saturated rings. The van der Waals surface area contributed by atoms with Crippen molar-refractivity contribution in [2.75, 3.05) is 6.61 Å². The number of aromatic nitrogens is 2. The molecule has 2 heterocycles. The average Bonchev–Trinajstić information content (AvgIpc) is 3.20. The van der Waals surface area contributed by atoms with Crippen LogP contribution in [-0.2, 0) is 13.0 Å². The number of hydrogen-bond donors (Lipinski definition) is 2. The molecule has 7 heteroatoms. The van der Waals surface area contributed by atoms with E-state index < -0.39 is 5.92 Å². The number of aryl methyl sites for hydroxylation is 1. The van der Waals surface area contributed by atoms with Crippen LogP contribution in [-0.4, -0.2) is 16.8 Å². The summed E-state index contributed by atoms with van der Waals surface area (Å²) in [5, 5.41) is 17.3. The lowest BCUT2D eigenvalue weighted by Gasteiger charge is -2.26. The quantitative estimate of drug-likeness (QED) is 0.543. The molecule has 0 aliphatic carbocycles. The number of aromatic amines is 1. The zero-order valence-electron chi connectivity index (χ0n) is 18.2. The molecular weight excluding hydrogens is 404 g/mol. The number of rotatable bonds is 8. The van der Waals surface area contributed by atoms with E-state index in [0.717, 1.165) is 35.2 Å². The van der Waals surface area contributed by atoms with Crippen LogP contribution in [0, 0.1) is 11.3 Å². The summed E-state index contributed by atoms with van der Waals surface area (Å²) in [6, 6.07) is 17.9. The number of fused-ring (bicyclic) bond motifs is 1. The van der Waals surface area contributed by atoms with Gasteiger partial charge in [0.2, 0.25) is 11.8 Å². The van der Waals surface area contributed by atoms with Gasteiger partial charge in [-0.1, -0.05) is 55.8 Å². The fourth-order valence-electron chi connectivity index (χ4n) is 3.97. The normalized spacial score (nSPS) is 15.0. The first kappa shape index (κ1) is 21.3. The number of allylic oxidation sites excluding steroid dienone is 1. The highest BCUT2D eigenvalue weighted by Gasteiger charge is 2.37. The van der Waals surface area contributed by atoms with Crippen molar-refractivity contribution < 1.29 is 14.2 Å². The number of ether oxygens (including phenoxy) is 3. The third-order valence-electron chi connectivity index (χ3n) is 5.36. The van der Waals surface area contributed by atoms with E-state index in [4.69, 9.17) is 19.9 Å². The maximum Gasteiger partial charge on any atom is 0.244 e. The molecule has 2 aromatic carbocycles. The lowest BCUT2D eigenvalue weighted by atomic mass is 9.83. The number of hydrogen-bond acceptors (Lipinski definition) is 6. The predicted octanol–water partition coefficient (Wildman–Crippen LogP) is 4.56. The summed E-state index contributed by atoms with van der Waals surface area (Å²) in [5.74, 6) is 1.17. The van der Waals surface area contributed by atoms with Crippen LogP contribution in [0.15, 0.2) is 60.0 Å². The third kappa shape index (κ3) is 4.00. The Morgan fingerprint density at radius 3 is 2.66 bits per heavy atom. The molecule has 7 nitrogen and oxygen atoms in total. The van der Waals surface area contributed by atoms with Crippen molar-refractivity contribution in [3.63, 3.8) is 0 Å². The summed E-state index contributed by atoms with van der Waals surface area (Å²) in [5.41, 5.74) is 10.0. The van der Waals surface area contributed by atoms with Crippen LogP contribution in [0.2, 0.25) is 0 Å². The molecule has 0 saturated heterocycles. The minimum absolute atomic E-state index is 0.0513. The fraction of sp³-hybridized carbons (Fsp3) is 0.280. The number of para-hydroxylation sites is 1. The summed E-state index contributed by atoms with van der Waals surface area (Å²) in [4.78, 5) is 0. The molecule has 0 amide bonds. The van der Waals surface area contributed by atoms with E-state index >= 15 is 0 Å². The molecule has 1 aliphatic heterocycles. The summed E-state index contributed by atoms with van der Waals surface area (Å²) in [6.07, 6.45) is 1.69. The van der Waals surface area contributed by atoms with Crippen molar-refractivity contribution in [1.82, 2.24) is 10.2 Å². The number of nitriles is 1. The topological polar surface area (TPSA) is 106 Å². The molecule has 4 rings (SSSR count). The molecule has 32 heavy (non-hydrogen) atoms. The maximum atomic E-state index is 9.98. The maximum absolute atomic E-state index is 9.98. The van der Waals surface area contributed by atoms with Crippen molar-refractivity contribution in [3.8, 4) is 23.4 Å². The Morgan fingerprint density at radius 2 is 1.94 bits per heavy atom. The van der Waals surface area contributed by atoms with Crippen molar-refractivity contribution in [2.24, 2.45) is 5.73 Å². The summed E-state index contributed by atoms with van der Waals surface area (Å²) in [7, 11) is 0. The molecule has 0 spiro atoms. The van der Waals surface area contributed by atoms with E-state index in [2.05, 4.69) is 23.2 Å². The number of nitrogens with one attached hydrogen (secondary N) is 1. The lowest BCUT2D eigenvalue weighted by Crippen LogP contribution is -2.22. The van der Waals surface area contributed by atoms with Gasteiger partial charge in [0.05, 0.1) is 18.1 Å². The highest BCUT2D eigenvalue weighted by molar-refractivity contribution is 5.61.